The molecule has 0 amide bonds. The van der Waals surface area contributed by atoms with Gasteiger partial charge in [-0.15, -0.1) is 0 Å². The smallest absolute Gasteiger partial charge is 0.306 e. The number of halogens is 1. The largest absolute Gasteiger partial charge is 0.485 e. The average molecular weight is 573 g/mol. The van der Waals surface area contributed by atoms with Crippen LogP contribution in [0.4, 0.5) is 4.39 Å². The molecule has 0 spiro atoms. The molecular formula is C35H41FN2O4. The number of aryl methyl sites for hydroxylation is 2. The molecule has 1 N–H and O–H groups in total. The quantitative estimate of drug-likeness (QED) is 0.311. The van der Waals surface area contributed by atoms with Gasteiger partial charge in [0.2, 0.25) is 0 Å². The Morgan fingerprint density at radius 3 is 2.69 bits per heavy atom. The summed E-state index contributed by atoms with van der Waals surface area (Å²) in [6, 6.07) is 14.4. The molecule has 6 rings (SSSR count). The molecular weight excluding hydrogens is 531 g/mol. The van der Waals surface area contributed by atoms with Gasteiger partial charge in [0.15, 0.2) is 0 Å². The molecule has 3 aromatic rings. The molecule has 1 unspecified atom stereocenters. The summed E-state index contributed by atoms with van der Waals surface area (Å²) in [7, 11) is 0. The second kappa shape index (κ2) is 11.4. The van der Waals surface area contributed by atoms with Crippen LogP contribution in [0.2, 0.25) is 0 Å². The number of fused-ring (bicyclic) bond motifs is 1. The van der Waals surface area contributed by atoms with Crippen molar-refractivity contribution in [3.8, 4) is 16.9 Å². The minimum absolute atomic E-state index is 0.00162. The average Bonchev–Trinajstić information content (AvgIpc) is 3.80. The van der Waals surface area contributed by atoms with E-state index in [9.17, 15) is 9.90 Å². The summed E-state index contributed by atoms with van der Waals surface area (Å²) in [6.07, 6.45) is 5.05. The van der Waals surface area contributed by atoms with Crippen molar-refractivity contribution in [1.29, 1.82) is 0 Å². The Hall–Kier alpha value is -3.29. The van der Waals surface area contributed by atoms with Gasteiger partial charge in [-0.3, -0.25) is 14.7 Å². The van der Waals surface area contributed by atoms with Crippen molar-refractivity contribution in [2.75, 3.05) is 19.8 Å². The predicted octanol–water partition coefficient (Wildman–Crippen LogP) is 7.09. The van der Waals surface area contributed by atoms with Crippen LogP contribution in [0.3, 0.4) is 0 Å². The Morgan fingerprint density at radius 1 is 1.14 bits per heavy atom. The fourth-order valence-corrected chi connectivity index (χ4v) is 6.75. The molecule has 1 aromatic heterocycles. The molecule has 0 radical (unpaired) electrons. The number of ether oxygens (including phenoxy) is 2. The van der Waals surface area contributed by atoms with E-state index in [1.807, 2.05) is 26.0 Å². The van der Waals surface area contributed by atoms with Gasteiger partial charge in [-0.1, -0.05) is 37.3 Å². The Kier molecular flexibility index (Phi) is 7.83. The molecule has 3 aliphatic rings. The van der Waals surface area contributed by atoms with Crippen LogP contribution in [0.15, 0.2) is 48.7 Å². The minimum Gasteiger partial charge on any atom is -0.485 e. The highest BCUT2D eigenvalue weighted by molar-refractivity contribution is 5.71. The van der Waals surface area contributed by atoms with E-state index < -0.39 is 11.9 Å². The molecule has 2 aromatic carbocycles. The van der Waals surface area contributed by atoms with Crippen molar-refractivity contribution in [3.63, 3.8) is 0 Å². The predicted molar refractivity (Wildman–Crippen MR) is 160 cm³/mol. The molecule has 7 heteroatoms. The van der Waals surface area contributed by atoms with Crippen LogP contribution in [0.1, 0.15) is 80.0 Å². The molecule has 42 heavy (non-hydrogen) atoms. The SMILES string of the molecule is Cc1cc(-c2ccc(C3CCc4ccc([C@H](C5CC5)[C@H](C)C(=O)O)cc4O3)cc2CN2CCOCC2(C)C)c(F)cn1. The lowest BCUT2D eigenvalue weighted by Crippen LogP contribution is -2.52. The first-order valence-corrected chi connectivity index (χ1v) is 15.2. The molecule has 3 heterocycles. The maximum Gasteiger partial charge on any atom is 0.306 e. The fraction of sp³-hybridized carbons (Fsp3) is 0.486. The fourth-order valence-electron chi connectivity index (χ4n) is 6.75. The Morgan fingerprint density at radius 2 is 1.95 bits per heavy atom. The van der Waals surface area contributed by atoms with Crippen LogP contribution < -0.4 is 4.74 Å². The number of carbonyl (C=O) groups is 1. The number of pyridine rings is 1. The number of carboxylic acid groups (broad SMARTS) is 1. The first kappa shape index (κ1) is 28.8. The summed E-state index contributed by atoms with van der Waals surface area (Å²) in [6.45, 7) is 10.9. The van der Waals surface area contributed by atoms with Crippen molar-refractivity contribution in [1.82, 2.24) is 9.88 Å². The van der Waals surface area contributed by atoms with Crippen molar-refractivity contribution in [2.24, 2.45) is 11.8 Å². The Labute approximate surface area is 247 Å². The van der Waals surface area contributed by atoms with E-state index in [0.717, 1.165) is 71.5 Å². The van der Waals surface area contributed by atoms with Crippen LogP contribution in [-0.2, 0) is 22.5 Å². The number of aliphatic carboxylic acids is 1. The number of morpholine rings is 1. The van der Waals surface area contributed by atoms with Gasteiger partial charge in [-0.25, -0.2) is 4.39 Å². The zero-order valence-electron chi connectivity index (χ0n) is 25.0. The molecule has 222 valence electrons. The number of nitrogens with zero attached hydrogens (tertiary/aromatic N) is 2. The van der Waals surface area contributed by atoms with Crippen molar-refractivity contribution < 1.29 is 23.8 Å². The molecule has 1 aliphatic carbocycles. The monoisotopic (exact) mass is 572 g/mol. The normalized spacial score (nSPS) is 21.7. The topological polar surface area (TPSA) is 71.9 Å². The third kappa shape index (κ3) is 5.82. The van der Waals surface area contributed by atoms with Crippen LogP contribution >= 0.6 is 0 Å². The van der Waals surface area contributed by atoms with Gasteiger partial charge in [0.25, 0.3) is 0 Å². The lowest BCUT2D eigenvalue weighted by atomic mass is 9.82. The number of rotatable bonds is 8. The third-order valence-corrected chi connectivity index (χ3v) is 9.44. The first-order chi connectivity index (χ1) is 20.1. The van der Waals surface area contributed by atoms with Crippen molar-refractivity contribution in [2.45, 2.75) is 77.5 Å². The number of carboxylic acids is 1. The van der Waals surface area contributed by atoms with Crippen LogP contribution in [0, 0.1) is 24.6 Å². The maximum atomic E-state index is 15.1. The lowest BCUT2D eigenvalue weighted by Gasteiger charge is -2.42. The zero-order chi connectivity index (χ0) is 29.6. The summed E-state index contributed by atoms with van der Waals surface area (Å²) in [5.74, 6) is -0.245. The number of benzene rings is 2. The van der Waals surface area contributed by atoms with Gasteiger partial charge in [0, 0.05) is 29.9 Å². The molecule has 2 aliphatic heterocycles. The van der Waals surface area contributed by atoms with E-state index in [1.54, 1.807) is 0 Å². The summed E-state index contributed by atoms with van der Waals surface area (Å²) in [5, 5.41) is 9.76. The van der Waals surface area contributed by atoms with Gasteiger partial charge in [0.05, 0.1) is 25.3 Å². The molecule has 3 atom stereocenters. The van der Waals surface area contributed by atoms with Gasteiger partial charge in [-0.2, -0.15) is 0 Å². The van der Waals surface area contributed by atoms with E-state index in [2.05, 4.69) is 54.1 Å². The molecule has 6 nitrogen and oxygen atoms in total. The zero-order valence-corrected chi connectivity index (χ0v) is 25.0. The molecule has 1 saturated carbocycles. The Bertz CT molecular complexity index is 1480. The van der Waals surface area contributed by atoms with Gasteiger partial charge >= 0.3 is 5.97 Å². The van der Waals surface area contributed by atoms with Crippen LogP contribution in [0.25, 0.3) is 11.1 Å². The van der Waals surface area contributed by atoms with Crippen molar-refractivity contribution in [3.05, 3.63) is 82.4 Å². The number of hydrogen-bond donors (Lipinski definition) is 1. The molecule has 0 bridgehead atoms. The standard InChI is InChI=1S/C35H41FN2O4/c1-21-15-29(30(36)18-37-21)28-11-9-25(16-27(28)19-38-13-14-41-20-35(38,3)4)31-12-10-23-5-8-26(17-32(23)42-31)33(24-6-7-24)22(2)34(39)40/h5,8-9,11,15-18,22,24,31,33H,6-7,10,12-14,19-20H2,1-4H3,(H,39,40)/t22-,31?,33-/m0/s1. The molecule has 2 fully saturated rings. The van der Waals surface area contributed by atoms with E-state index in [1.165, 1.54) is 6.20 Å². The van der Waals surface area contributed by atoms with E-state index >= 15 is 4.39 Å². The van der Waals surface area contributed by atoms with E-state index in [-0.39, 0.29) is 23.4 Å². The summed E-state index contributed by atoms with van der Waals surface area (Å²) < 4.78 is 27.5. The maximum absolute atomic E-state index is 15.1. The molecule has 1 saturated heterocycles. The summed E-state index contributed by atoms with van der Waals surface area (Å²) in [5.41, 5.74) is 6.41. The lowest BCUT2D eigenvalue weighted by molar-refractivity contribution is -0.142. The minimum atomic E-state index is -0.750. The highest BCUT2D eigenvalue weighted by atomic mass is 19.1. The second-order valence-corrected chi connectivity index (χ2v) is 13.0. The summed E-state index contributed by atoms with van der Waals surface area (Å²) >= 11 is 0. The first-order valence-electron chi connectivity index (χ1n) is 15.2. The number of aromatic nitrogens is 1. The van der Waals surface area contributed by atoms with E-state index in [4.69, 9.17) is 9.47 Å². The van der Waals surface area contributed by atoms with Gasteiger partial charge in [0.1, 0.15) is 17.7 Å². The van der Waals surface area contributed by atoms with Crippen molar-refractivity contribution >= 4 is 5.97 Å². The Balaban J connectivity index is 1.33. The van der Waals surface area contributed by atoms with Crippen LogP contribution in [-0.4, -0.2) is 46.3 Å². The van der Waals surface area contributed by atoms with Gasteiger partial charge < -0.3 is 14.6 Å². The highest BCUT2D eigenvalue weighted by Gasteiger charge is 2.39. The van der Waals surface area contributed by atoms with Crippen LogP contribution in [0.5, 0.6) is 5.75 Å². The highest BCUT2D eigenvalue weighted by Crippen LogP contribution is 2.48. The second-order valence-electron chi connectivity index (χ2n) is 13.0. The summed E-state index contributed by atoms with van der Waals surface area (Å²) in [4.78, 5) is 18.4. The van der Waals surface area contributed by atoms with Gasteiger partial charge in [-0.05, 0) is 98.2 Å². The third-order valence-electron chi connectivity index (χ3n) is 9.44. The van der Waals surface area contributed by atoms with E-state index in [0.29, 0.717) is 31.2 Å². The number of hydrogen-bond acceptors (Lipinski definition) is 5.